The van der Waals surface area contributed by atoms with E-state index in [1.54, 1.807) is 6.08 Å². The molecule has 1 aromatic carbocycles. The van der Waals surface area contributed by atoms with Gasteiger partial charge in [0.05, 0.1) is 24.5 Å². The molecule has 2 bridgehead atoms. The molecule has 5 nitrogen and oxygen atoms in total. The molecule has 4 rings (SSSR count). The lowest BCUT2D eigenvalue weighted by Crippen LogP contribution is -2.35. The Morgan fingerprint density at radius 2 is 1.74 bits per heavy atom. The van der Waals surface area contributed by atoms with Gasteiger partial charge in [0.2, 0.25) is 0 Å². The first kappa shape index (κ1) is 15.2. The van der Waals surface area contributed by atoms with Crippen LogP contribution in [-0.2, 0) is 23.9 Å². The zero-order chi connectivity index (χ0) is 16.6. The molecule has 2 aliphatic heterocycles. The first-order chi connectivity index (χ1) is 11.0. The molecular weight excluding hydrogens is 296 g/mol. The van der Waals surface area contributed by atoms with E-state index in [1.807, 2.05) is 30.3 Å². The van der Waals surface area contributed by atoms with Crippen molar-refractivity contribution in [3.8, 4) is 0 Å². The van der Waals surface area contributed by atoms with E-state index in [1.165, 1.54) is 20.1 Å². The van der Waals surface area contributed by atoms with E-state index in [-0.39, 0.29) is 11.4 Å². The van der Waals surface area contributed by atoms with E-state index in [0.29, 0.717) is 5.57 Å². The Hall–Kier alpha value is -2.69. The maximum atomic E-state index is 12.1. The molecule has 3 aliphatic rings. The number of ether oxygens (including phenoxy) is 2. The Kier molecular flexibility index (Phi) is 3.86. The minimum absolute atomic E-state index is 0.147. The standard InChI is InChI=1S/C18H16O5/c1-10(19)13-8-12-9-14(18(21)22-2)16(23-17(12)20)15(13)11-6-4-3-5-7-11/h3-9,12,15-16H,1-2H3/t12-,15+,16-/m0/s1. The van der Waals surface area contributed by atoms with E-state index in [2.05, 4.69) is 0 Å². The number of hydrogen-bond acceptors (Lipinski definition) is 5. The highest BCUT2D eigenvalue weighted by molar-refractivity contribution is 6.00. The van der Waals surface area contributed by atoms with Crippen LogP contribution in [0.5, 0.6) is 0 Å². The third-order valence-corrected chi connectivity index (χ3v) is 4.16. The van der Waals surface area contributed by atoms with Crippen molar-refractivity contribution in [2.24, 2.45) is 5.92 Å². The van der Waals surface area contributed by atoms with Gasteiger partial charge < -0.3 is 9.47 Å². The van der Waals surface area contributed by atoms with Gasteiger partial charge >= 0.3 is 11.9 Å². The van der Waals surface area contributed by atoms with Crippen molar-refractivity contribution < 1.29 is 23.9 Å². The van der Waals surface area contributed by atoms with Crippen LogP contribution < -0.4 is 0 Å². The van der Waals surface area contributed by atoms with Gasteiger partial charge in [-0.15, -0.1) is 0 Å². The van der Waals surface area contributed by atoms with Crippen molar-refractivity contribution in [2.75, 3.05) is 7.11 Å². The second kappa shape index (κ2) is 5.83. The minimum Gasteiger partial charge on any atom is -0.466 e. The summed E-state index contributed by atoms with van der Waals surface area (Å²) in [6, 6.07) is 9.24. The van der Waals surface area contributed by atoms with E-state index in [9.17, 15) is 14.4 Å². The third-order valence-electron chi connectivity index (χ3n) is 4.16. The largest absolute Gasteiger partial charge is 0.466 e. The predicted octanol–water partition coefficient (Wildman–Crippen LogP) is 1.94. The number of benzene rings is 1. The number of fused-ring (bicyclic) bond motifs is 2. The van der Waals surface area contributed by atoms with Crippen LogP contribution in [0.2, 0.25) is 0 Å². The van der Waals surface area contributed by atoms with Crippen LogP contribution >= 0.6 is 0 Å². The molecule has 0 saturated carbocycles. The Bertz CT molecular complexity index is 729. The number of carbonyl (C=O) groups excluding carboxylic acids is 3. The van der Waals surface area contributed by atoms with Crippen LogP contribution in [0, 0.1) is 5.92 Å². The monoisotopic (exact) mass is 312 g/mol. The van der Waals surface area contributed by atoms with Crippen molar-refractivity contribution in [3.05, 3.63) is 59.2 Å². The molecule has 0 radical (unpaired) electrons. The van der Waals surface area contributed by atoms with Gasteiger partial charge in [-0.1, -0.05) is 42.5 Å². The van der Waals surface area contributed by atoms with Gasteiger partial charge in [0.1, 0.15) is 6.10 Å². The summed E-state index contributed by atoms with van der Waals surface area (Å²) in [6.45, 7) is 1.45. The van der Waals surface area contributed by atoms with Crippen LogP contribution in [0.1, 0.15) is 18.4 Å². The lowest BCUT2D eigenvalue weighted by molar-refractivity contribution is -0.153. The lowest BCUT2D eigenvalue weighted by Gasteiger charge is -2.29. The first-order valence-electron chi connectivity index (χ1n) is 7.31. The molecule has 5 heteroatoms. The van der Waals surface area contributed by atoms with Gasteiger partial charge in [-0.25, -0.2) is 4.79 Å². The van der Waals surface area contributed by atoms with E-state index in [0.717, 1.165) is 5.56 Å². The smallest absolute Gasteiger partial charge is 0.337 e. The fourth-order valence-electron chi connectivity index (χ4n) is 3.10. The van der Waals surface area contributed by atoms with E-state index in [4.69, 9.17) is 9.47 Å². The number of ketones is 1. The summed E-state index contributed by atoms with van der Waals surface area (Å²) in [5.74, 6) is -2.42. The minimum atomic E-state index is -0.855. The van der Waals surface area contributed by atoms with Gasteiger partial charge in [-0.3, -0.25) is 9.59 Å². The molecule has 0 saturated heterocycles. The normalized spacial score (nSPS) is 25.8. The second-order valence-electron chi connectivity index (χ2n) is 5.56. The summed E-state index contributed by atoms with van der Waals surface area (Å²) in [5, 5.41) is 0. The highest BCUT2D eigenvalue weighted by Gasteiger charge is 2.45. The van der Waals surface area contributed by atoms with Gasteiger partial charge in [0, 0.05) is 5.57 Å². The van der Waals surface area contributed by atoms with Crippen molar-refractivity contribution >= 4 is 17.7 Å². The zero-order valence-corrected chi connectivity index (χ0v) is 12.8. The fraction of sp³-hybridized carbons (Fsp3) is 0.278. The number of rotatable bonds is 3. The Morgan fingerprint density at radius 1 is 1.09 bits per heavy atom. The molecule has 1 aromatic rings. The summed E-state index contributed by atoms with van der Waals surface area (Å²) in [7, 11) is 1.28. The van der Waals surface area contributed by atoms with Crippen molar-refractivity contribution in [1.29, 1.82) is 0 Å². The molecule has 0 spiro atoms. The lowest BCUT2D eigenvalue weighted by atomic mass is 9.82. The van der Waals surface area contributed by atoms with Crippen LogP contribution in [-0.4, -0.2) is 30.9 Å². The third kappa shape index (κ3) is 2.59. The molecule has 23 heavy (non-hydrogen) atoms. The number of hydrogen-bond donors (Lipinski definition) is 0. The molecular formula is C18H16O5. The summed E-state index contributed by atoms with van der Waals surface area (Å²) >= 11 is 0. The molecule has 0 amide bonds. The van der Waals surface area contributed by atoms with E-state index >= 15 is 0 Å². The van der Waals surface area contributed by atoms with Crippen molar-refractivity contribution in [1.82, 2.24) is 0 Å². The average Bonchev–Trinajstić information content (AvgIpc) is 2.81. The van der Waals surface area contributed by atoms with Crippen molar-refractivity contribution in [2.45, 2.75) is 18.9 Å². The molecule has 1 aliphatic carbocycles. The molecule has 118 valence electrons. The van der Waals surface area contributed by atoms with Crippen LogP contribution in [0.15, 0.2) is 53.6 Å². The van der Waals surface area contributed by atoms with Crippen LogP contribution in [0.4, 0.5) is 0 Å². The Morgan fingerprint density at radius 3 is 2.35 bits per heavy atom. The fourth-order valence-corrected chi connectivity index (χ4v) is 3.10. The number of esters is 2. The average molecular weight is 312 g/mol. The highest BCUT2D eigenvalue weighted by atomic mass is 16.6. The molecule has 2 heterocycles. The SMILES string of the molecule is COC(=O)C1=C[C@@H]2C=C(C(C)=O)[C@@H](c3ccccc3)[C@H]1OC2=O. The highest BCUT2D eigenvalue weighted by Crippen LogP contribution is 2.41. The van der Waals surface area contributed by atoms with Gasteiger partial charge in [-0.05, 0) is 12.5 Å². The Balaban J connectivity index is 2.17. The maximum Gasteiger partial charge on any atom is 0.337 e. The topological polar surface area (TPSA) is 69.7 Å². The molecule has 0 unspecified atom stereocenters. The molecule has 3 atom stereocenters. The van der Waals surface area contributed by atoms with Gasteiger partial charge in [0.25, 0.3) is 0 Å². The summed E-state index contributed by atoms with van der Waals surface area (Å²) in [5.41, 5.74) is 1.56. The number of carbonyl (C=O) groups is 3. The van der Waals surface area contributed by atoms with Crippen molar-refractivity contribution in [3.63, 3.8) is 0 Å². The first-order valence-corrected chi connectivity index (χ1v) is 7.31. The quantitative estimate of drug-likeness (QED) is 0.798. The Labute approximate surface area is 133 Å². The molecule has 0 fully saturated rings. The summed E-state index contributed by atoms with van der Waals surface area (Å²) in [6.07, 6.45) is 2.28. The number of methoxy groups -OCH3 is 1. The molecule has 0 N–H and O–H groups in total. The van der Waals surface area contributed by atoms with Gasteiger partial charge in [-0.2, -0.15) is 0 Å². The number of Topliss-reactive ketones (excluding diaryl/α,β-unsaturated/α-hetero) is 1. The zero-order valence-electron chi connectivity index (χ0n) is 12.8. The predicted molar refractivity (Wildman–Crippen MR) is 81.4 cm³/mol. The molecule has 0 aromatic heterocycles. The summed E-state index contributed by atoms with van der Waals surface area (Å²) in [4.78, 5) is 36.3. The maximum absolute atomic E-state index is 12.1. The van der Waals surface area contributed by atoms with Crippen LogP contribution in [0.25, 0.3) is 0 Å². The second-order valence-corrected chi connectivity index (χ2v) is 5.56. The van der Waals surface area contributed by atoms with Crippen LogP contribution in [0.3, 0.4) is 0 Å². The van der Waals surface area contributed by atoms with Gasteiger partial charge in [0.15, 0.2) is 5.78 Å². The van der Waals surface area contributed by atoms with E-state index < -0.39 is 29.9 Å². The summed E-state index contributed by atoms with van der Waals surface area (Å²) < 4.78 is 10.3.